The van der Waals surface area contributed by atoms with E-state index < -0.39 is 0 Å². The number of urea groups is 1. The highest BCUT2D eigenvalue weighted by molar-refractivity contribution is 6.32. The lowest BCUT2D eigenvalue weighted by Crippen LogP contribution is -2.50. The monoisotopic (exact) mass is 398 g/mol. The van der Waals surface area contributed by atoms with Crippen LogP contribution < -0.4 is 10.2 Å². The molecule has 146 valence electrons. The average Bonchev–Trinajstić information content (AvgIpc) is 3.11. The summed E-state index contributed by atoms with van der Waals surface area (Å²) in [6.45, 7) is 4.25. The number of aldehydes is 1. The number of nitrogens with one attached hydrogen (secondary N) is 1. The van der Waals surface area contributed by atoms with E-state index in [2.05, 4.69) is 29.4 Å². The number of anilines is 2. The number of halogens is 1. The van der Waals surface area contributed by atoms with Crippen molar-refractivity contribution in [1.82, 2.24) is 9.88 Å². The van der Waals surface area contributed by atoms with Gasteiger partial charge in [-0.3, -0.25) is 4.90 Å². The number of carbonyl (C=O) groups excluding carboxylic acids is 2. The molecule has 6 nitrogen and oxygen atoms in total. The van der Waals surface area contributed by atoms with Gasteiger partial charge in [-0.05, 0) is 36.6 Å². The van der Waals surface area contributed by atoms with Gasteiger partial charge in [-0.1, -0.05) is 30.7 Å². The first-order chi connectivity index (χ1) is 13.6. The van der Waals surface area contributed by atoms with Crippen molar-refractivity contribution < 1.29 is 9.59 Å². The third-order valence-electron chi connectivity index (χ3n) is 5.86. The van der Waals surface area contributed by atoms with Gasteiger partial charge in [0, 0.05) is 47.5 Å². The third-order valence-corrected chi connectivity index (χ3v) is 6.17. The number of benzene rings is 1. The highest BCUT2D eigenvalue weighted by Crippen LogP contribution is 2.47. The summed E-state index contributed by atoms with van der Waals surface area (Å²) in [5, 5.41) is 4.09. The number of pyridine rings is 1. The number of aromatic nitrogens is 1. The van der Waals surface area contributed by atoms with Gasteiger partial charge >= 0.3 is 6.03 Å². The SMILES string of the molecule is CCC1(c2cccc(N3CCCN(CC=O)C3=O)c2)CNc2nccc(Cl)c21. The molecule has 1 aromatic heterocycles. The van der Waals surface area contributed by atoms with Crippen LogP contribution in [0.4, 0.5) is 16.3 Å². The molecule has 1 N–H and O–H groups in total. The predicted octanol–water partition coefficient (Wildman–Crippen LogP) is 3.69. The second-order valence-electron chi connectivity index (χ2n) is 7.26. The predicted molar refractivity (Wildman–Crippen MR) is 110 cm³/mol. The molecule has 2 aliphatic heterocycles. The number of fused-ring (bicyclic) bond motifs is 1. The van der Waals surface area contributed by atoms with Crippen molar-refractivity contribution in [2.24, 2.45) is 0 Å². The molecule has 2 amide bonds. The molecule has 2 aliphatic rings. The molecule has 0 bridgehead atoms. The molecule has 2 aromatic rings. The first-order valence-corrected chi connectivity index (χ1v) is 9.98. The molecule has 0 radical (unpaired) electrons. The molecule has 7 heteroatoms. The van der Waals surface area contributed by atoms with E-state index in [1.54, 1.807) is 16.0 Å². The molecule has 4 rings (SSSR count). The topological polar surface area (TPSA) is 65.5 Å². The summed E-state index contributed by atoms with van der Waals surface area (Å²) in [4.78, 5) is 31.5. The Morgan fingerprint density at radius 1 is 1.32 bits per heavy atom. The Balaban J connectivity index is 1.74. The van der Waals surface area contributed by atoms with E-state index in [-0.39, 0.29) is 18.0 Å². The van der Waals surface area contributed by atoms with Crippen LogP contribution in [-0.4, -0.2) is 48.4 Å². The van der Waals surface area contributed by atoms with Crippen molar-refractivity contribution in [2.45, 2.75) is 25.2 Å². The molecule has 1 atom stereocenters. The Hall–Kier alpha value is -2.60. The van der Waals surface area contributed by atoms with E-state index in [9.17, 15) is 9.59 Å². The molecule has 0 aliphatic carbocycles. The summed E-state index contributed by atoms with van der Waals surface area (Å²) in [6.07, 6.45) is 4.18. The fourth-order valence-electron chi connectivity index (χ4n) is 4.35. The van der Waals surface area contributed by atoms with Crippen molar-refractivity contribution in [3.8, 4) is 0 Å². The van der Waals surface area contributed by atoms with Crippen LogP contribution >= 0.6 is 11.6 Å². The van der Waals surface area contributed by atoms with Crippen molar-refractivity contribution in [2.75, 3.05) is 36.4 Å². The normalized spacial score (nSPS) is 21.4. The van der Waals surface area contributed by atoms with Crippen molar-refractivity contribution in [1.29, 1.82) is 0 Å². The summed E-state index contributed by atoms with van der Waals surface area (Å²) in [7, 11) is 0. The van der Waals surface area contributed by atoms with Crippen molar-refractivity contribution in [3.63, 3.8) is 0 Å². The minimum atomic E-state index is -0.294. The smallest absolute Gasteiger partial charge is 0.324 e. The van der Waals surface area contributed by atoms with Crippen molar-refractivity contribution >= 4 is 35.4 Å². The number of carbonyl (C=O) groups is 2. The summed E-state index contributed by atoms with van der Waals surface area (Å²) < 4.78 is 0. The quantitative estimate of drug-likeness (QED) is 0.780. The second kappa shape index (κ2) is 7.43. The van der Waals surface area contributed by atoms with Gasteiger partial charge in [-0.15, -0.1) is 0 Å². The van der Waals surface area contributed by atoms with Gasteiger partial charge in [0.25, 0.3) is 0 Å². The maximum Gasteiger partial charge on any atom is 0.324 e. The fourth-order valence-corrected chi connectivity index (χ4v) is 4.68. The zero-order chi connectivity index (χ0) is 19.7. The van der Waals surface area contributed by atoms with Gasteiger partial charge in [0.1, 0.15) is 12.1 Å². The molecule has 1 unspecified atom stereocenters. The van der Waals surface area contributed by atoms with Crippen molar-refractivity contribution in [3.05, 3.63) is 52.7 Å². The number of hydrogen-bond donors (Lipinski definition) is 1. The van der Waals surface area contributed by atoms with E-state index >= 15 is 0 Å². The zero-order valence-electron chi connectivity index (χ0n) is 15.8. The van der Waals surface area contributed by atoms with Crippen LogP contribution in [0.1, 0.15) is 30.9 Å². The molecular formula is C21H23ClN4O2. The van der Waals surface area contributed by atoms with Gasteiger partial charge in [0.15, 0.2) is 0 Å². The van der Waals surface area contributed by atoms with Crippen LogP contribution in [0.5, 0.6) is 0 Å². The van der Waals surface area contributed by atoms with Gasteiger partial charge in [-0.2, -0.15) is 0 Å². The largest absolute Gasteiger partial charge is 0.369 e. The zero-order valence-corrected chi connectivity index (χ0v) is 16.6. The van der Waals surface area contributed by atoms with E-state index in [4.69, 9.17) is 11.6 Å². The number of amides is 2. The molecule has 3 heterocycles. The van der Waals surface area contributed by atoms with Crippen LogP contribution in [0.25, 0.3) is 0 Å². The Bertz CT molecular complexity index is 919. The lowest BCUT2D eigenvalue weighted by atomic mass is 9.74. The second-order valence-corrected chi connectivity index (χ2v) is 7.66. The van der Waals surface area contributed by atoms with E-state index in [1.165, 1.54) is 0 Å². The summed E-state index contributed by atoms with van der Waals surface area (Å²) in [5.41, 5.74) is 2.68. The van der Waals surface area contributed by atoms with Crippen LogP contribution in [-0.2, 0) is 10.2 Å². The van der Waals surface area contributed by atoms with Crippen LogP contribution in [0.3, 0.4) is 0 Å². The van der Waals surface area contributed by atoms with Gasteiger partial charge in [0.2, 0.25) is 0 Å². The minimum Gasteiger partial charge on any atom is -0.369 e. The van der Waals surface area contributed by atoms with E-state index in [1.807, 2.05) is 18.2 Å². The summed E-state index contributed by atoms with van der Waals surface area (Å²) in [5.74, 6) is 0.825. The highest BCUT2D eigenvalue weighted by Gasteiger charge is 2.42. The highest BCUT2D eigenvalue weighted by atomic mass is 35.5. The lowest BCUT2D eigenvalue weighted by molar-refractivity contribution is -0.108. The third kappa shape index (κ3) is 2.92. The summed E-state index contributed by atoms with van der Waals surface area (Å²) >= 11 is 6.56. The first kappa shape index (κ1) is 18.7. The Kier molecular flexibility index (Phi) is 4.98. The number of hydrogen-bond acceptors (Lipinski definition) is 4. The summed E-state index contributed by atoms with van der Waals surface area (Å²) in [6, 6.07) is 9.80. The lowest BCUT2D eigenvalue weighted by Gasteiger charge is -2.36. The minimum absolute atomic E-state index is 0.120. The first-order valence-electron chi connectivity index (χ1n) is 9.60. The van der Waals surface area contributed by atoms with E-state index in [0.29, 0.717) is 24.7 Å². The molecule has 1 saturated heterocycles. The van der Waals surface area contributed by atoms with Crippen LogP contribution in [0, 0.1) is 0 Å². The number of nitrogens with zero attached hydrogens (tertiary/aromatic N) is 3. The molecule has 1 fully saturated rings. The standard InChI is InChI=1S/C21H23ClN4O2/c1-2-21(14-24-19-18(21)17(22)7-8-23-19)15-5-3-6-16(13-15)26-10-4-9-25(11-12-27)20(26)28/h3,5-8,12-13H,2,4,9-11,14H2,1H3,(H,23,24). The van der Waals surface area contributed by atoms with E-state index in [0.717, 1.165) is 41.8 Å². The Morgan fingerprint density at radius 3 is 2.96 bits per heavy atom. The molecule has 1 aromatic carbocycles. The number of rotatable bonds is 5. The van der Waals surface area contributed by atoms with Gasteiger partial charge < -0.3 is 15.0 Å². The molecule has 0 spiro atoms. The molecule has 28 heavy (non-hydrogen) atoms. The Morgan fingerprint density at radius 2 is 2.18 bits per heavy atom. The fraction of sp³-hybridized carbons (Fsp3) is 0.381. The molecule has 0 saturated carbocycles. The maximum atomic E-state index is 12.8. The average molecular weight is 399 g/mol. The van der Waals surface area contributed by atoms with Gasteiger partial charge in [0.05, 0.1) is 6.54 Å². The van der Waals surface area contributed by atoms with Crippen LogP contribution in [0.2, 0.25) is 5.02 Å². The Labute approximate surface area is 169 Å². The van der Waals surface area contributed by atoms with Crippen LogP contribution in [0.15, 0.2) is 36.5 Å². The molecular weight excluding hydrogens is 376 g/mol. The van der Waals surface area contributed by atoms with Gasteiger partial charge in [-0.25, -0.2) is 9.78 Å². The maximum absolute atomic E-state index is 12.8.